The van der Waals surface area contributed by atoms with Gasteiger partial charge in [0, 0.05) is 12.3 Å². The fourth-order valence-electron chi connectivity index (χ4n) is 2.94. The number of carbonyl (C=O) groups is 1. The first-order chi connectivity index (χ1) is 12.5. The minimum absolute atomic E-state index is 0.130. The van der Waals surface area contributed by atoms with Crippen molar-refractivity contribution in [2.75, 3.05) is 0 Å². The van der Waals surface area contributed by atoms with Crippen LogP contribution in [0, 0.1) is 19.3 Å². The first-order valence-corrected chi connectivity index (χ1v) is 8.51. The Labute approximate surface area is 153 Å². The highest BCUT2D eigenvalue weighted by Crippen LogP contribution is 2.18. The summed E-state index contributed by atoms with van der Waals surface area (Å²) >= 11 is 0. The summed E-state index contributed by atoms with van der Waals surface area (Å²) in [6.45, 7) is 5.95. The smallest absolute Gasteiger partial charge is 0.255 e. The lowest BCUT2D eigenvalue weighted by Gasteiger charge is -2.08. The summed E-state index contributed by atoms with van der Waals surface area (Å²) in [5.41, 5.74) is 5.48. The monoisotopic (exact) mass is 346 g/mol. The Bertz CT molecular complexity index is 940. The molecule has 1 aromatic heterocycles. The molecule has 26 heavy (non-hydrogen) atoms. The Balaban J connectivity index is 1.76. The number of hydrogen-bond acceptors (Lipinski definition) is 3. The molecule has 0 atom stereocenters. The molecule has 0 fully saturated rings. The van der Waals surface area contributed by atoms with E-state index in [4.69, 9.17) is 5.41 Å². The van der Waals surface area contributed by atoms with Gasteiger partial charge in [-0.05, 0) is 44.0 Å². The van der Waals surface area contributed by atoms with Crippen molar-refractivity contribution in [1.29, 1.82) is 5.41 Å². The predicted molar refractivity (Wildman–Crippen MR) is 103 cm³/mol. The van der Waals surface area contributed by atoms with E-state index in [-0.39, 0.29) is 5.91 Å². The van der Waals surface area contributed by atoms with Crippen LogP contribution in [0.25, 0.3) is 5.69 Å². The van der Waals surface area contributed by atoms with Crippen molar-refractivity contribution in [2.45, 2.75) is 27.3 Å². The summed E-state index contributed by atoms with van der Waals surface area (Å²) in [5.74, 6) is -0.130. The lowest BCUT2D eigenvalue weighted by Crippen LogP contribution is -2.24. The highest BCUT2D eigenvalue weighted by Gasteiger charge is 2.19. The predicted octanol–water partition coefficient (Wildman–Crippen LogP) is 3.81. The van der Waals surface area contributed by atoms with Crippen molar-refractivity contribution in [2.24, 2.45) is 0 Å². The van der Waals surface area contributed by atoms with Crippen molar-refractivity contribution in [3.63, 3.8) is 0 Å². The van der Waals surface area contributed by atoms with Crippen molar-refractivity contribution in [3.8, 4) is 5.69 Å². The molecule has 0 unspecified atom stereocenters. The van der Waals surface area contributed by atoms with Gasteiger partial charge in [-0.1, -0.05) is 42.5 Å². The maximum atomic E-state index is 12.7. The van der Waals surface area contributed by atoms with Crippen LogP contribution in [0.15, 0.2) is 54.6 Å². The van der Waals surface area contributed by atoms with Gasteiger partial charge in [0.05, 0.1) is 22.6 Å². The van der Waals surface area contributed by atoms with E-state index in [1.165, 1.54) is 0 Å². The van der Waals surface area contributed by atoms with Crippen molar-refractivity contribution in [3.05, 3.63) is 82.7 Å². The largest absolute Gasteiger partial charge is 0.348 e. The van der Waals surface area contributed by atoms with Gasteiger partial charge in [-0.3, -0.25) is 4.79 Å². The second-order valence-electron chi connectivity index (χ2n) is 6.30. The van der Waals surface area contributed by atoms with Crippen molar-refractivity contribution >= 4 is 11.6 Å². The molecule has 3 rings (SSSR count). The van der Waals surface area contributed by atoms with Crippen molar-refractivity contribution < 1.29 is 4.79 Å². The van der Waals surface area contributed by atoms with Crippen LogP contribution in [-0.2, 0) is 6.54 Å². The van der Waals surface area contributed by atoms with E-state index in [0.717, 1.165) is 22.5 Å². The number of nitrogens with zero attached hydrogens (tertiary/aromatic N) is 2. The molecule has 1 heterocycles. The summed E-state index contributed by atoms with van der Waals surface area (Å²) < 4.78 is 1.80. The minimum Gasteiger partial charge on any atom is -0.348 e. The lowest BCUT2D eigenvalue weighted by molar-refractivity contribution is 0.0949. The summed E-state index contributed by atoms with van der Waals surface area (Å²) in [4.78, 5) is 12.7. The van der Waals surface area contributed by atoms with Crippen LogP contribution in [0.4, 0.5) is 0 Å². The molecule has 3 aromatic rings. The van der Waals surface area contributed by atoms with Gasteiger partial charge in [-0.25, -0.2) is 4.68 Å². The van der Waals surface area contributed by atoms with Gasteiger partial charge in [0.25, 0.3) is 5.91 Å². The van der Waals surface area contributed by atoms with Gasteiger partial charge >= 0.3 is 0 Å². The minimum atomic E-state index is -0.130. The molecule has 0 aliphatic carbocycles. The average Bonchev–Trinajstić information content (AvgIpc) is 2.95. The zero-order valence-corrected chi connectivity index (χ0v) is 15.2. The van der Waals surface area contributed by atoms with Crippen LogP contribution in [-0.4, -0.2) is 21.4 Å². The van der Waals surface area contributed by atoms with Gasteiger partial charge in [-0.2, -0.15) is 5.10 Å². The Morgan fingerprint density at radius 2 is 1.73 bits per heavy atom. The molecule has 132 valence electrons. The fourth-order valence-corrected chi connectivity index (χ4v) is 2.94. The molecule has 0 bridgehead atoms. The Hall–Kier alpha value is -3.21. The first kappa shape index (κ1) is 17.6. The number of rotatable bonds is 5. The summed E-state index contributed by atoms with van der Waals surface area (Å²) in [5, 5.41) is 15.1. The molecule has 0 spiro atoms. The lowest BCUT2D eigenvalue weighted by atomic mass is 10.1. The molecule has 0 saturated carbocycles. The zero-order valence-electron chi connectivity index (χ0n) is 15.2. The third-order valence-electron chi connectivity index (χ3n) is 4.36. The highest BCUT2D eigenvalue weighted by atomic mass is 16.1. The zero-order chi connectivity index (χ0) is 18.7. The molecule has 2 N–H and O–H groups in total. The Morgan fingerprint density at radius 1 is 1.08 bits per heavy atom. The molecule has 2 aromatic carbocycles. The second kappa shape index (κ2) is 7.35. The van der Waals surface area contributed by atoms with E-state index in [0.29, 0.717) is 23.5 Å². The topological polar surface area (TPSA) is 70.8 Å². The molecule has 1 amide bonds. The van der Waals surface area contributed by atoms with E-state index in [2.05, 4.69) is 10.4 Å². The number of nitrogens with one attached hydrogen (secondary N) is 2. The number of benzene rings is 2. The Kier molecular flexibility index (Phi) is 4.98. The molecule has 0 saturated heterocycles. The molecular formula is C21H22N4O. The van der Waals surface area contributed by atoms with Gasteiger partial charge in [-0.15, -0.1) is 0 Å². The maximum Gasteiger partial charge on any atom is 0.255 e. The number of amides is 1. The molecular weight excluding hydrogens is 324 g/mol. The van der Waals surface area contributed by atoms with Crippen LogP contribution in [0.1, 0.15) is 39.8 Å². The quantitative estimate of drug-likeness (QED) is 0.690. The summed E-state index contributed by atoms with van der Waals surface area (Å²) in [7, 11) is 0. The van der Waals surface area contributed by atoms with Gasteiger partial charge in [0.15, 0.2) is 0 Å². The molecule has 0 aliphatic rings. The third kappa shape index (κ3) is 3.57. The van der Waals surface area contributed by atoms with E-state index >= 15 is 0 Å². The van der Waals surface area contributed by atoms with Crippen LogP contribution >= 0.6 is 0 Å². The summed E-state index contributed by atoms with van der Waals surface area (Å²) in [6.07, 6.45) is 0. The number of aromatic nitrogens is 2. The second-order valence-corrected chi connectivity index (χ2v) is 6.30. The molecule has 0 radical (unpaired) electrons. The molecule has 0 aliphatic heterocycles. The number of para-hydroxylation sites is 1. The number of aryl methyl sites for hydroxylation is 1. The fraction of sp³-hybridized carbons (Fsp3) is 0.190. The molecule has 5 heteroatoms. The van der Waals surface area contributed by atoms with E-state index in [9.17, 15) is 4.79 Å². The number of carbonyl (C=O) groups excluding carboxylic acids is 1. The van der Waals surface area contributed by atoms with Crippen LogP contribution < -0.4 is 5.32 Å². The van der Waals surface area contributed by atoms with E-state index in [1.54, 1.807) is 11.6 Å². The van der Waals surface area contributed by atoms with Crippen LogP contribution in [0.2, 0.25) is 0 Å². The van der Waals surface area contributed by atoms with Crippen LogP contribution in [0.3, 0.4) is 0 Å². The van der Waals surface area contributed by atoms with Gasteiger partial charge < -0.3 is 10.7 Å². The van der Waals surface area contributed by atoms with Gasteiger partial charge in [0.1, 0.15) is 0 Å². The number of hydrogen-bond donors (Lipinski definition) is 2. The normalized spacial score (nSPS) is 10.6. The van der Waals surface area contributed by atoms with Crippen molar-refractivity contribution in [1.82, 2.24) is 15.1 Å². The molecule has 5 nitrogen and oxygen atoms in total. The van der Waals surface area contributed by atoms with Crippen LogP contribution in [0.5, 0.6) is 0 Å². The van der Waals surface area contributed by atoms with E-state index in [1.807, 2.05) is 68.4 Å². The standard InChI is InChI=1S/C21H22N4O/c1-14(22)18-11-9-17(10-12-18)13-23-21(26)20-15(2)24-25(16(20)3)19-7-5-4-6-8-19/h4-12,22H,13H2,1-3H3,(H,23,26). The SMILES string of the molecule is CC(=N)c1ccc(CNC(=O)c2c(C)nn(-c3ccccc3)c2C)cc1. The maximum absolute atomic E-state index is 12.7. The summed E-state index contributed by atoms with van der Waals surface area (Å²) in [6, 6.07) is 17.4. The van der Waals surface area contributed by atoms with E-state index < -0.39 is 0 Å². The Morgan fingerprint density at radius 3 is 2.35 bits per heavy atom. The third-order valence-corrected chi connectivity index (χ3v) is 4.36. The first-order valence-electron chi connectivity index (χ1n) is 8.51. The average molecular weight is 346 g/mol. The van der Waals surface area contributed by atoms with Gasteiger partial charge in [0.2, 0.25) is 0 Å². The highest BCUT2D eigenvalue weighted by molar-refractivity contribution is 5.97.